The molecule has 0 spiro atoms. The van der Waals surface area contributed by atoms with E-state index in [0.717, 1.165) is 11.3 Å². The van der Waals surface area contributed by atoms with Gasteiger partial charge in [0.2, 0.25) is 0 Å². The highest BCUT2D eigenvalue weighted by Crippen LogP contribution is 2.21. The molecule has 0 fully saturated rings. The molecule has 1 aromatic rings. The van der Waals surface area contributed by atoms with E-state index in [2.05, 4.69) is 5.32 Å². The van der Waals surface area contributed by atoms with Gasteiger partial charge in [0.15, 0.2) is 0 Å². The molecule has 84 valence electrons. The molecule has 0 unspecified atom stereocenters. The van der Waals surface area contributed by atoms with Gasteiger partial charge in [-0.1, -0.05) is 11.6 Å². The minimum atomic E-state index is -4.25. The number of halogens is 4. The lowest BCUT2D eigenvalue weighted by molar-refractivity contribution is -0.132. The number of hydrogen-bond acceptors (Lipinski definition) is 2. The Kier molecular flexibility index (Phi) is 3.98. The molecule has 0 saturated heterocycles. The number of nitrogens with one attached hydrogen (secondary N) is 1. The van der Waals surface area contributed by atoms with Crippen molar-refractivity contribution < 1.29 is 18.0 Å². The monoisotopic (exact) mass is 257 g/mol. The molecule has 0 aliphatic heterocycles. The van der Waals surface area contributed by atoms with E-state index in [-0.39, 0.29) is 0 Å². The third-order valence-electron chi connectivity index (χ3n) is 1.49. The fourth-order valence-corrected chi connectivity index (χ4v) is 1.80. The van der Waals surface area contributed by atoms with E-state index in [9.17, 15) is 18.0 Å². The number of rotatable bonds is 3. The van der Waals surface area contributed by atoms with Crippen molar-refractivity contribution in [3.63, 3.8) is 0 Å². The van der Waals surface area contributed by atoms with E-state index < -0.39 is 25.0 Å². The number of hydrogen-bond donors (Lipinski definition) is 1. The SMILES string of the molecule is O=C(NCCC(F)(F)F)c1ccc(Cl)s1. The van der Waals surface area contributed by atoms with Crippen LogP contribution in [0.4, 0.5) is 13.2 Å². The largest absolute Gasteiger partial charge is 0.390 e. The number of carbonyl (C=O) groups is 1. The second-order valence-electron chi connectivity index (χ2n) is 2.72. The summed E-state index contributed by atoms with van der Waals surface area (Å²) in [6.45, 7) is -0.419. The number of carbonyl (C=O) groups excluding carboxylic acids is 1. The van der Waals surface area contributed by atoms with Gasteiger partial charge in [0, 0.05) is 6.54 Å². The summed E-state index contributed by atoms with van der Waals surface area (Å²) in [5, 5.41) is 2.16. The molecule has 7 heteroatoms. The van der Waals surface area contributed by atoms with Gasteiger partial charge in [-0.05, 0) is 12.1 Å². The quantitative estimate of drug-likeness (QED) is 0.886. The van der Waals surface area contributed by atoms with Crippen molar-refractivity contribution >= 4 is 28.8 Å². The van der Waals surface area contributed by atoms with Crippen LogP contribution in [-0.4, -0.2) is 18.6 Å². The van der Waals surface area contributed by atoms with Crippen molar-refractivity contribution in [1.82, 2.24) is 5.32 Å². The molecule has 0 aliphatic carbocycles. The number of amides is 1. The zero-order valence-corrected chi connectivity index (χ0v) is 8.97. The maximum absolute atomic E-state index is 11.7. The fourth-order valence-electron chi connectivity index (χ4n) is 0.841. The first-order chi connectivity index (χ1) is 6.88. The van der Waals surface area contributed by atoms with Crippen LogP contribution in [0, 0.1) is 0 Å². The van der Waals surface area contributed by atoms with E-state index in [4.69, 9.17) is 11.6 Å². The van der Waals surface area contributed by atoms with Gasteiger partial charge in [-0.2, -0.15) is 13.2 Å². The summed E-state index contributed by atoms with van der Waals surface area (Å²) in [5.41, 5.74) is 0. The zero-order chi connectivity index (χ0) is 11.5. The predicted molar refractivity (Wildman–Crippen MR) is 52.3 cm³/mol. The van der Waals surface area contributed by atoms with Crippen LogP contribution in [0.25, 0.3) is 0 Å². The summed E-state index contributed by atoms with van der Waals surface area (Å²) in [6, 6.07) is 2.99. The summed E-state index contributed by atoms with van der Waals surface area (Å²) in [6.07, 6.45) is -5.28. The average Bonchev–Trinajstić information content (AvgIpc) is 2.49. The number of thiophene rings is 1. The average molecular weight is 258 g/mol. The molecule has 0 saturated carbocycles. The molecule has 1 N–H and O–H groups in total. The van der Waals surface area contributed by atoms with Crippen LogP contribution in [0.15, 0.2) is 12.1 Å². The van der Waals surface area contributed by atoms with E-state index in [1.54, 1.807) is 0 Å². The topological polar surface area (TPSA) is 29.1 Å². The first-order valence-corrected chi connectivity index (χ1v) is 5.18. The first-order valence-electron chi connectivity index (χ1n) is 3.99. The lowest BCUT2D eigenvalue weighted by Gasteiger charge is -2.06. The maximum Gasteiger partial charge on any atom is 0.390 e. The summed E-state index contributed by atoms with van der Waals surface area (Å²) < 4.78 is 35.7. The Morgan fingerprint density at radius 3 is 2.60 bits per heavy atom. The van der Waals surface area contributed by atoms with Gasteiger partial charge >= 0.3 is 6.18 Å². The summed E-state index contributed by atoms with van der Waals surface area (Å²) in [4.78, 5) is 11.5. The van der Waals surface area contributed by atoms with Crippen LogP contribution in [0.5, 0.6) is 0 Å². The second kappa shape index (κ2) is 4.85. The minimum Gasteiger partial charge on any atom is -0.351 e. The van der Waals surface area contributed by atoms with E-state index >= 15 is 0 Å². The molecule has 1 amide bonds. The first kappa shape index (κ1) is 12.3. The molecular weight excluding hydrogens is 251 g/mol. The van der Waals surface area contributed by atoms with Gasteiger partial charge in [0.25, 0.3) is 5.91 Å². The Hall–Kier alpha value is -0.750. The lowest BCUT2D eigenvalue weighted by atomic mass is 10.4. The van der Waals surface area contributed by atoms with E-state index in [1.165, 1.54) is 12.1 Å². The Labute approximate surface area is 93.0 Å². The van der Waals surface area contributed by atoms with Crippen LogP contribution < -0.4 is 5.32 Å². The molecule has 0 radical (unpaired) electrons. The maximum atomic E-state index is 11.7. The zero-order valence-electron chi connectivity index (χ0n) is 7.40. The molecule has 0 atom stereocenters. The fraction of sp³-hybridized carbons (Fsp3) is 0.375. The molecule has 1 heterocycles. The van der Waals surface area contributed by atoms with Crippen LogP contribution in [0.3, 0.4) is 0 Å². The lowest BCUT2D eigenvalue weighted by Crippen LogP contribution is -2.27. The Bertz CT molecular complexity index is 350. The van der Waals surface area contributed by atoms with Crippen molar-refractivity contribution in [3.8, 4) is 0 Å². The normalized spacial score (nSPS) is 11.5. The molecule has 1 rings (SSSR count). The highest BCUT2D eigenvalue weighted by Gasteiger charge is 2.26. The van der Waals surface area contributed by atoms with Crippen molar-refractivity contribution in [2.24, 2.45) is 0 Å². The van der Waals surface area contributed by atoms with Gasteiger partial charge in [-0.15, -0.1) is 11.3 Å². The van der Waals surface area contributed by atoms with Crippen molar-refractivity contribution in [3.05, 3.63) is 21.3 Å². The smallest absolute Gasteiger partial charge is 0.351 e. The van der Waals surface area contributed by atoms with Gasteiger partial charge < -0.3 is 5.32 Å². The molecule has 0 aromatic carbocycles. The number of alkyl halides is 3. The minimum absolute atomic E-state index is 0.308. The third kappa shape index (κ3) is 4.53. The standard InChI is InChI=1S/C8H7ClF3NOS/c9-6-2-1-5(15-6)7(14)13-4-3-8(10,11)12/h1-2H,3-4H2,(H,13,14). The summed E-state index contributed by atoms with van der Waals surface area (Å²) >= 11 is 6.60. The predicted octanol–water partition coefficient (Wildman–Crippen LogP) is 3.08. The molecule has 1 aromatic heterocycles. The Morgan fingerprint density at radius 1 is 1.47 bits per heavy atom. The van der Waals surface area contributed by atoms with Crippen LogP contribution in [0.2, 0.25) is 4.34 Å². The molecule has 0 bridgehead atoms. The Balaban J connectivity index is 2.37. The molecular formula is C8H7ClF3NOS. The molecule has 15 heavy (non-hydrogen) atoms. The highest BCUT2D eigenvalue weighted by molar-refractivity contribution is 7.17. The van der Waals surface area contributed by atoms with Gasteiger partial charge in [-0.25, -0.2) is 0 Å². The van der Waals surface area contributed by atoms with Crippen molar-refractivity contribution in [2.75, 3.05) is 6.54 Å². The van der Waals surface area contributed by atoms with Crippen LogP contribution >= 0.6 is 22.9 Å². The Morgan fingerprint density at radius 2 is 2.13 bits per heavy atom. The van der Waals surface area contributed by atoms with Gasteiger partial charge in [0.1, 0.15) is 0 Å². The van der Waals surface area contributed by atoms with E-state index in [1.807, 2.05) is 0 Å². The molecule has 2 nitrogen and oxygen atoms in total. The second-order valence-corrected chi connectivity index (χ2v) is 4.44. The van der Waals surface area contributed by atoms with E-state index in [0.29, 0.717) is 9.21 Å². The van der Waals surface area contributed by atoms with Crippen molar-refractivity contribution in [1.29, 1.82) is 0 Å². The van der Waals surface area contributed by atoms with Gasteiger partial charge in [-0.3, -0.25) is 4.79 Å². The van der Waals surface area contributed by atoms with Crippen molar-refractivity contribution in [2.45, 2.75) is 12.6 Å². The van der Waals surface area contributed by atoms with Crippen LogP contribution in [0.1, 0.15) is 16.1 Å². The summed E-state index contributed by atoms with van der Waals surface area (Å²) in [5.74, 6) is -0.531. The highest BCUT2D eigenvalue weighted by atomic mass is 35.5. The van der Waals surface area contributed by atoms with Crippen LogP contribution in [-0.2, 0) is 0 Å². The van der Waals surface area contributed by atoms with Gasteiger partial charge in [0.05, 0.1) is 15.6 Å². The third-order valence-corrected chi connectivity index (χ3v) is 2.72. The molecule has 0 aliphatic rings. The summed E-state index contributed by atoms with van der Waals surface area (Å²) in [7, 11) is 0.